The van der Waals surface area contributed by atoms with Gasteiger partial charge in [0.15, 0.2) is 0 Å². The molecule has 16 bridgehead atoms. The summed E-state index contributed by atoms with van der Waals surface area (Å²) in [5.41, 5.74) is 5.04. The van der Waals surface area contributed by atoms with E-state index >= 15 is 0 Å². The molecule has 0 saturated heterocycles. The Labute approximate surface area is 170 Å². The maximum atomic E-state index is 2.80. The van der Waals surface area contributed by atoms with Gasteiger partial charge in [0.2, 0.25) is 0 Å². The van der Waals surface area contributed by atoms with E-state index in [1.807, 2.05) is 0 Å². The number of hydrogen-bond donors (Lipinski definition) is 0. The van der Waals surface area contributed by atoms with Gasteiger partial charge < -0.3 is 0 Å². The van der Waals surface area contributed by atoms with Crippen LogP contribution in [0.2, 0.25) is 0 Å². The molecule has 14 unspecified atom stereocenters. The van der Waals surface area contributed by atoms with Gasteiger partial charge in [0.05, 0.1) is 0 Å². The molecule has 0 aromatic rings. The molecule has 0 N–H and O–H groups in total. The molecular formula is C28H36. The fourth-order valence-corrected chi connectivity index (χ4v) is 18.3. The van der Waals surface area contributed by atoms with Crippen LogP contribution < -0.4 is 0 Å². The van der Waals surface area contributed by atoms with Crippen LogP contribution in [0.25, 0.3) is 0 Å². The van der Waals surface area contributed by atoms with Crippen molar-refractivity contribution in [3.63, 3.8) is 0 Å². The van der Waals surface area contributed by atoms with Crippen LogP contribution in [0.15, 0.2) is 0 Å². The highest BCUT2D eigenvalue weighted by Gasteiger charge is 2.98. The van der Waals surface area contributed by atoms with Crippen LogP contribution in [-0.4, -0.2) is 0 Å². The standard InChI is InChI=1S/C28H36/c1-23-6-15-14-8-26-11-24(2)7-16-19-17-3-13-4-25(19,10-24)22(26)27(5-13,18(14)9-23)28(17,12-23)21(15)20(16)26/h13-22H,3-12H2,1-2H3/t13?,14?,15?,16?,17?,18?,19?,20?,21?,22?,23-,24+,25?,26?,27?,28?/m1/s1. The Morgan fingerprint density at radius 3 is 2.29 bits per heavy atom. The summed E-state index contributed by atoms with van der Waals surface area (Å²) >= 11 is 0. The van der Waals surface area contributed by atoms with E-state index in [-0.39, 0.29) is 0 Å². The minimum Gasteiger partial charge on any atom is -0.0596 e. The summed E-state index contributed by atoms with van der Waals surface area (Å²) in [6.45, 7) is 5.59. The molecule has 28 heavy (non-hydrogen) atoms. The molecule has 16 saturated carbocycles. The molecule has 16 rings (SSSR count). The van der Waals surface area contributed by atoms with Crippen molar-refractivity contribution in [2.45, 2.75) is 78.1 Å². The summed E-state index contributed by atoms with van der Waals surface area (Å²) in [6, 6.07) is 0. The lowest BCUT2D eigenvalue weighted by atomic mass is 9.02. The summed E-state index contributed by atoms with van der Waals surface area (Å²) in [5.74, 6) is 12.1. The lowest BCUT2D eigenvalue weighted by Crippen LogP contribution is -2.96. The fourth-order valence-electron chi connectivity index (χ4n) is 18.3. The van der Waals surface area contributed by atoms with Gasteiger partial charge in [-0.3, -0.25) is 0 Å². The first-order valence-corrected chi connectivity index (χ1v) is 13.4. The first-order valence-electron chi connectivity index (χ1n) is 13.4. The van der Waals surface area contributed by atoms with Crippen LogP contribution in [0, 0.1) is 91.7 Å². The van der Waals surface area contributed by atoms with Crippen LogP contribution >= 0.6 is 0 Å². The molecular weight excluding hydrogens is 336 g/mol. The average molecular weight is 373 g/mol. The summed E-state index contributed by atoms with van der Waals surface area (Å²) in [6.07, 6.45) is 17.1. The topological polar surface area (TPSA) is 0 Å². The second kappa shape index (κ2) is 3.16. The zero-order valence-electron chi connectivity index (χ0n) is 17.8. The highest BCUT2D eigenvalue weighted by atomic mass is 15.0. The summed E-state index contributed by atoms with van der Waals surface area (Å²) in [7, 11) is 0. The second-order valence-corrected chi connectivity index (χ2v) is 16.2. The third-order valence-electron chi connectivity index (χ3n) is 15.9. The van der Waals surface area contributed by atoms with Crippen molar-refractivity contribution >= 4 is 0 Å². The Morgan fingerprint density at radius 2 is 1.39 bits per heavy atom. The smallest absolute Gasteiger partial charge is 0.0162 e. The van der Waals surface area contributed by atoms with Gasteiger partial charge in [0.25, 0.3) is 0 Å². The largest absolute Gasteiger partial charge is 0.0596 e. The minimum absolute atomic E-state index is 0.762. The van der Waals surface area contributed by atoms with E-state index in [2.05, 4.69) is 13.8 Å². The third kappa shape index (κ3) is 0.866. The van der Waals surface area contributed by atoms with Crippen LogP contribution in [0.3, 0.4) is 0 Å². The predicted octanol–water partition coefficient (Wildman–Crippen LogP) is 6.16. The van der Waals surface area contributed by atoms with Crippen molar-refractivity contribution in [2.75, 3.05) is 0 Å². The van der Waals surface area contributed by atoms with Gasteiger partial charge in [-0.15, -0.1) is 0 Å². The normalized spacial score (nSPS) is 88.5. The van der Waals surface area contributed by atoms with E-state index in [0.29, 0.717) is 0 Å². The molecule has 0 amide bonds. The van der Waals surface area contributed by atoms with Crippen molar-refractivity contribution in [2.24, 2.45) is 91.7 Å². The Kier molecular flexibility index (Phi) is 1.60. The fraction of sp³-hybridized carbons (Fsp3) is 1.00. The van der Waals surface area contributed by atoms with E-state index in [1.165, 1.54) is 59.2 Å². The molecule has 4 spiro atoms. The molecule has 0 aromatic heterocycles. The SMILES string of the molecule is C[C@]12CC3C4C5CC6CC4(C1)C1C4(CC7C8C[C@]9(C)CC7C1(C6)C5(C9)C8C34)C2. The van der Waals surface area contributed by atoms with E-state index in [1.54, 1.807) is 64.2 Å². The molecule has 16 aliphatic carbocycles. The first-order chi connectivity index (χ1) is 13.4. The molecule has 16 aliphatic rings. The zero-order valence-corrected chi connectivity index (χ0v) is 17.8. The van der Waals surface area contributed by atoms with E-state index in [0.717, 1.165) is 32.5 Å². The van der Waals surface area contributed by atoms with Gasteiger partial charge in [0.1, 0.15) is 0 Å². The Hall–Kier alpha value is 0. The van der Waals surface area contributed by atoms with E-state index in [9.17, 15) is 0 Å². The molecule has 0 heterocycles. The monoisotopic (exact) mass is 372 g/mol. The number of hydrogen-bond acceptors (Lipinski definition) is 0. The predicted molar refractivity (Wildman–Crippen MR) is 107 cm³/mol. The molecule has 148 valence electrons. The molecule has 0 nitrogen and oxygen atoms in total. The summed E-state index contributed by atoms with van der Waals surface area (Å²) in [4.78, 5) is 0. The maximum absolute atomic E-state index is 2.80. The van der Waals surface area contributed by atoms with Crippen LogP contribution in [-0.2, 0) is 0 Å². The summed E-state index contributed by atoms with van der Waals surface area (Å²) in [5, 5.41) is 0. The second-order valence-electron chi connectivity index (χ2n) is 16.2. The number of rotatable bonds is 0. The van der Waals surface area contributed by atoms with Crippen LogP contribution in [0.5, 0.6) is 0 Å². The molecule has 16 fully saturated rings. The van der Waals surface area contributed by atoms with Crippen LogP contribution in [0.4, 0.5) is 0 Å². The van der Waals surface area contributed by atoms with Gasteiger partial charge in [-0.05, 0) is 156 Å². The molecule has 0 aromatic carbocycles. The van der Waals surface area contributed by atoms with Crippen molar-refractivity contribution in [1.82, 2.24) is 0 Å². The first kappa shape index (κ1) is 14.1. The van der Waals surface area contributed by atoms with Crippen molar-refractivity contribution in [1.29, 1.82) is 0 Å². The quantitative estimate of drug-likeness (QED) is 0.478. The van der Waals surface area contributed by atoms with E-state index < -0.39 is 0 Å². The highest BCUT2D eigenvalue weighted by molar-refractivity contribution is 5.45. The van der Waals surface area contributed by atoms with Gasteiger partial charge in [-0.1, -0.05) is 13.8 Å². The van der Waals surface area contributed by atoms with Gasteiger partial charge in [-0.2, -0.15) is 0 Å². The lowest BCUT2D eigenvalue weighted by Gasteiger charge is -3.01. The summed E-state index contributed by atoms with van der Waals surface area (Å²) < 4.78 is 0. The Balaban J connectivity index is 1.36. The van der Waals surface area contributed by atoms with Gasteiger partial charge in [-0.25, -0.2) is 0 Å². The molecule has 0 radical (unpaired) electrons. The Bertz CT molecular complexity index is 950. The lowest BCUT2D eigenvalue weighted by molar-refractivity contribution is -0.541. The van der Waals surface area contributed by atoms with Crippen LogP contribution in [0.1, 0.15) is 78.1 Å². The highest BCUT2D eigenvalue weighted by Crippen LogP contribution is 3.04. The van der Waals surface area contributed by atoms with Crippen molar-refractivity contribution in [3.8, 4) is 0 Å². The molecule has 0 heteroatoms. The third-order valence-corrected chi connectivity index (χ3v) is 15.9. The van der Waals surface area contributed by atoms with E-state index in [4.69, 9.17) is 0 Å². The molecule has 0 aliphatic heterocycles. The zero-order chi connectivity index (χ0) is 17.8. The minimum atomic E-state index is 0.762. The van der Waals surface area contributed by atoms with Gasteiger partial charge in [0, 0.05) is 0 Å². The van der Waals surface area contributed by atoms with Crippen molar-refractivity contribution < 1.29 is 0 Å². The van der Waals surface area contributed by atoms with Crippen molar-refractivity contribution in [3.05, 3.63) is 0 Å². The van der Waals surface area contributed by atoms with Gasteiger partial charge >= 0.3 is 0 Å². The Morgan fingerprint density at radius 1 is 0.571 bits per heavy atom. The average Bonchev–Trinajstić information content (AvgIpc) is 2.59. The maximum Gasteiger partial charge on any atom is -0.0162 e. The molecule has 16 atom stereocenters.